The number of anilines is 1. The highest BCUT2D eigenvalue weighted by Gasteiger charge is 2.14. The third kappa shape index (κ3) is 4.51. The standard InChI is InChI=1S/C20H21N3OS/c1-15-20(21-19(24)14-25-18-11-7-4-8-12-18)16(2)23(22-15)13-17-9-5-3-6-10-17/h3-12H,13-14H2,1-2H3,(H,21,24). The van der Waals surface area contributed by atoms with E-state index in [0.29, 0.717) is 12.3 Å². The van der Waals surface area contributed by atoms with Crippen LogP contribution in [0, 0.1) is 13.8 Å². The Kier molecular flexibility index (Phi) is 5.56. The Morgan fingerprint density at radius 2 is 1.68 bits per heavy atom. The van der Waals surface area contributed by atoms with Gasteiger partial charge in [-0.25, -0.2) is 0 Å². The molecular formula is C20H21N3OS. The van der Waals surface area contributed by atoms with Gasteiger partial charge in [0, 0.05) is 4.90 Å². The highest BCUT2D eigenvalue weighted by molar-refractivity contribution is 8.00. The molecule has 4 nitrogen and oxygen atoms in total. The number of nitrogens with zero attached hydrogens (tertiary/aromatic N) is 2. The van der Waals surface area contributed by atoms with Gasteiger partial charge in [-0.1, -0.05) is 48.5 Å². The van der Waals surface area contributed by atoms with Crippen LogP contribution in [0.2, 0.25) is 0 Å². The SMILES string of the molecule is Cc1nn(Cc2ccccc2)c(C)c1NC(=O)CSc1ccccc1. The van der Waals surface area contributed by atoms with Gasteiger partial charge in [0.15, 0.2) is 0 Å². The van der Waals surface area contributed by atoms with Crippen molar-refractivity contribution in [2.45, 2.75) is 25.3 Å². The summed E-state index contributed by atoms with van der Waals surface area (Å²) in [6, 6.07) is 20.1. The third-order valence-corrected chi connectivity index (χ3v) is 4.95. The molecule has 128 valence electrons. The van der Waals surface area contributed by atoms with Crippen LogP contribution in [0.15, 0.2) is 65.6 Å². The summed E-state index contributed by atoms with van der Waals surface area (Å²) in [5, 5.41) is 7.58. The zero-order valence-electron chi connectivity index (χ0n) is 14.4. The summed E-state index contributed by atoms with van der Waals surface area (Å²) in [5.74, 6) is 0.367. The van der Waals surface area contributed by atoms with Gasteiger partial charge in [0.2, 0.25) is 5.91 Å². The number of hydrogen-bond acceptors (Lipinski definition) is 3. The largest absolute Gasteiger partial charge is 0.322 e. The van der Waals surface area contributed by atoms with Crippen LogP contribution in [-0.4, -0.2) is 21.4 Å². The minimum Gasteiger partial charge on any atom is -0.322 e. The molecule has 0 aliphatic carbocycles. The smallest absolute Gasteiger partial charge is 0.234 e. The molecule has 0 aliphatic heterocycles. The molecule has 5 heteroatoms. The molecule has 1 amide bonds. The first-order valence-electron chi connectivity index (χ1n) is 8.19. The molecule has 1 aromatic heterocycles. The fourth-order valence-electron chi connectivity index (χ4n) is 2.63. The number of carbonyl (C=O) groups is 1. The van der Waals surface area contributed by atoms with Crippen LogP contribution in [0.3, 0.4) is 0 Å². The summed E-state index contributed by atoms with van der Waals surface area (Å²) >= 11 is 1.53. The number of carbonyl (C=O) groups excluding carboxylic acids is 1. The van der Waals surface area contributed by atoms with E-state index in [0.717, 1.165) is 22.0 Å². The first-order chi connectivity index (χ1) is 12.1. The van der Waals surface area contributed by atoms with Gasteiger partial charge in [0.25, 0.3) is 0 Å². The average molecular weight is 351 g/mol. The Balaban J connectivity index is 1.65. The maximum absolute atomic E-state index is 12.3. The molecule has 3 aromatic rings. The van der Waals surface area contributed by atoms with Crippen LogP contribution >= 0.6 is 11.8 Å². The summed E-state index contributed by atoms with van der Waals surface area (Å²) < 4.78 is 1.94. The normalized spacial score (nSPS) is 10.6. The second-order valence-electron chi connectivity index (χ2n) is 5.84. The van der Waals surface area contributed by atoms with E-state index < -0.39 is 0 Å². The molecule has 0 spiro atoms. The lowest BCUT2D eigenvalue weighted by Gasteiger charge is -2.07. The molecule has 0 saturated heterocycles. The molecule has 0 atom stereocenters. The van der Waals surface area contributed by atoms with Crippen LogP contribution in [-0.2, 0) is 11.3 Å². The van der Waals surface area contributed by atoms with Crippen molar-refractivity contribution in [2.24, 2.45) is 0 Å². The predicted octanol–water partition coefficient (Wildman–Crippen LogP) is 4.28. The van der Waals surface area contributed by atoms with Crippen molar-refractivity contribution >= 4 is 23.4 Å². The van der Waals surface area contributed by atoms with Gasteiger partial charge >= 0.3 is 0 Å². The highest BCUT2D eigenvalue weighted by atomic mass is 32.2. The highest BCUT2D eigenvalue weighted by Crippen LogP contribution is 2.22. The van der Waals surface area contributed by atoms with Crippen LogP contribution < -0.4 is 5.32 Å². The number of aryl methyl sites for hydroxylation is 1. The summed E-state index contributed by atoms with van der Waals surface area (Å²) in [5.41, 5.74) is 3.81. The Morgan fingerprint density at radius 1 is 1.04 bits per heavy atom. The minimum absolute atomic E-state index is 0.0145. The van der Waals surface area contributed by atoms with E-state index in [9.17, 15) is 4.79 Å². The van der Waals surface area contributed by atoms with E-state index in [-0.39, 0.29) is 5.91 Å². The van der Waals surface area contributed by atoms with Crippen molar-refractivity contribution in [1.29, 1.82) is 0 Å². The lowest BCUT2D eigenvalue weighted by Crippen LogP contribution is -2.15. The predicted molar refractivity (Wildman–Crippen MR) is 103 cm³/mol. The molecular weight excluding hydrogens is 330 g/mol. The number of benzene rings is 2. The number of nitrogens with one attached hydrogen (secondary N) is 1. The van der Waals surface area contributed by atoms with E-state index in [1.165, 1.54) is 17.3 Å². The van der Waals surface area contributed by atoms with Crippen molar-refractivity contribution in [3.05, 3.63) is 77.6 Å². The Hall–Kier alpha value is -2.53. The van der Waals surface area contributed by atoms with Crippen LogP contribution in [0.5, 0.6) is 0 Å². The maximum atomic E-state index is 12.3. The minimum atomic E-state index is -0.0145. The van der Waals surface area contributed by atoms with E-state index in [1.54, 1.807) is 0 Å². The topological polar surface area (TPSA) is 46.9 Å². The summed E-state index contributed by atoms with van der Waals surface area (Å²) in [6.07, 6.45) is 0. The van der Waals surface area contributed by atoms with Gasteiger partial charge in [0.05, 0.1) is 29.4 Å². The van der Waals surface area contributed by atoms with E-state index in [1.807, 2.05) is 67.1 Å². The number of rotatable bonds is 6. The third-order valence-electron chi connectivity index (χ3n) is 3.93. The second-order valence-corrected chi connectivity index (χ2v) is 6.89. The Bertz CT molecular complexity index is 844. The van der Waals surface area contributed by atoms with Gasteiger partial charge in [-0.3, -0.25) is 9.48 Å². The van der Waals surface area contributed by atoms with Crippen molar-refractivity contribution in [2.75, 3.05) is 11.1 Å². The van der Waals surface area contributed by atoms with E-state index >= 15 is 0 Å². The number of hydrogen-bond donors (Lipinski definition) is 1. The molecule has 0 aliphatic rings. The van der Waals surface area contributed by atoms with E-state index in [2.05, 4.69) is 22.5 Å². The first kappa shape index (κ1) is 17.3. The molecule has 2 aromatic carbocycles. The molecule has 25 heavy (non-hydrogen) atoms. The van der Waals surface area contributed by atoms with E-state index in [4.69, 9.17) is 0 Å². The fraction of sp³-hybridized carbons (Fsp3) is 0.200. The zero-order valence-corrected chi connectivity index (χ0v) is 15.2. The Labute approximate surface area is 152 Å². The number of thioether (sulfide) groups is 1. The van der Waals surface area contributed by atoms with Crippen molar-refractivity contribution in [3.63, 3.8) is 0 Å². The van der Waals surface area contributed by atoms with Crippen LogP contribution in [0.4, 0.5) is 5.69 Å². The van der Waals surface area contributed by atoms with Crippen LogP contribution in [0.25, 0.3) is 0 Å². The van der Waals surface area contributed by atoms with Gasteiger partial charge < -0.3 is 5.32 Å². The fourth-order valence-corrected chi connectivity index (χ4v) is 3.35. The first-order valence-corrected chi connectivity index (χ1v) is 9.17. The monoisotopic (exact) mass is 351 g/mol. The van der Waals surface area contributed by atoms with Crippen LogP contribution in [0.1, 0.15) is 17.0 Å². The van der Waals surface area contributed by atoms with Crippen molar-refractivity contribution in [1.82, 2.24) is 9.78 Å². The molecule has 1 N–H and O–H groups in total. The van der Waals surface area contributed by atoms with Gasteiger partial charge in [-0.15, -0.1) is 11.8 Å². The molecule has 1 heterocycles. The lowest BCUT2D eigenvalue weighted by molar-refractivity contribution is -0.113. The second kappa shape index (κ2) is 8.03. The zero-order chi connectivity index (χ0) is 17.6. The molecule has 0 radical (unpaired) electrons. The molecule has 0 bridgehead atoms. The van der Waals surface area contributed by atoms with Gasteiger partial charge in [-0.05, 0) is 31.5 Å². The summed E-state index contributed by atoms with van der Waals surface area (Å²) in [7, 11) is 0. The Morgan fingerprint density at radius 3 is 2.36 bits per heavy atom. The average Bonchev–Trinajstić information content (AvgIpc) is 2.89. The molecule has 0 saturated carbocycles. The number of amides is 1. The van der Waals surface area contributed by atoms with Crippen molar-refractivity contribution in [3.8, 4) is 0 Å². The van der Waals surface area contributed by atoms with Gasteiger partial charge in [-0.2, -0.15) is 5.10 Å². The molecule has 0 unspecified atom stereocenters. The maximum Gasteiger partial charge on any atom is 0.234 e. The molecule has 3 rings (SSSR count). The summed E-state index contributed by atoms with van der Waals surface area (Å²) in [6.45, 7) is 4.61. The van der Waals surface area contributed by atoms with Crippen molar-refractivity contribution < 1.29 is 4.79 Å². The lowest BCUT2D eigenvalue weighted by atomic mass is 10.2. The quantitative estimate of drug-likeness (QED) is 0.674. The van der Waals surface area contributed by atoms with Gasteiger partial charge in [0.1, 0.15) is 0 Å². The summed E-state index contributed by atoms with van der Waals surface area (Å²) in [4.78, 5) is 13.4. The number of aromatic nitrogens is 2. The molecule has 0 fully saturated rings.